The molecule has 0 radical (unpaired) electrons. The Balaban J connectivity index is 2.13. The molecular formula is C21H18BrN5O4. The summed E-state index contributed by atoms with van der Waals surface area (Å²) < 4.78 is 7.04. The van der Waals surface area contributed by atoms with Gasteiger partial charge in [0.2, 0.25) is 0 Å². The van der Waals surface area contributed by atoms with Crippen molar-refractivity contribution in [2.45, 2.75) is 26.2 Å². The molecule has 0 atom stereocenters. The zero-order valence-electron chi connectivity index (χ0n) is 17.0. The summed E-state index contributed by atoms with van der Waals surface area (Å²) in [6, 6.07) is 11.2. The number of nitro groups is 1. The highest BCUT2D eigenvalue weighted by Gasteiger charge is 2.23. The summed E-state index contributed by atoms with van der Waals surface area (Å²) in [5.41, 5.74) is -0.200. The van der Waals surface area contributed by atoms with E-state index in [2.05, 4.69) is 26.0 Å². The molecule has 0 bridgehead atoms. The number of hydrogen-bond acceptors (Lipinski definition) is 7. The summed E-state index contributed by atoms with van der Waals surface area (Å²) in [5, 5.41) is 24.7. The zero-order valence-corrected chi connectivity index (χ0v) is 18.6. The Morgan fingerprint density at radius 1 is 1.32 bits per heavy atom. The summed E-state index contributed by atoms with van der Waals surface area (Å²) >= 11 is 3.36. The molecule has 1 heterocycles. The summed E-state index contributed by atoms with van der Waals surface area (Å²) in [6.07, 6.45) is 1.35. The molecule has 0 saturated heterocycles. The molecule has 3 rings (SSSR count). The molecule has 2 aromatic carbocycles. The molecular weight excluding hydrogens is 466 g/mol. The molecule has 9 nitrogen and oxygen atoms in total. The van der Waals surface area contributed by atoms with E-state index >= 15 is 0 Å². The van der Waals surface area contributed by atoms with E-state index in [0.29, 0.717) is 22.3 Å². The molecule has 0 aliphatic heterocycles. The summed E-state index contributed by atoms with van der Waals surface area (Å²) in [7, 11) is 0. The molecule has 0 saturated carbocycles. The minimum Gasteiger partial charge on any atom is -0.472 e. The highest BCUT2D eigenvalue weighted by atomic mass is 79.9. The molecule has 0 amide bonds. The Morgan fingerprint density at radius 3 is 2.71 bits per heavy atom. The van der Waals surface area contributed by atoms with Crippen LogP contribution in [0.25, 0.3) is 10.9 Å². The lowest BCUT2D eigenvalue weighted by Crippen LogP contribution is -2.29. The molecule has 3 aromatic rings. The molecule has 31 heavy (non-hydrogen) atoms. The van der Waals surface area contributed by atoms with Crippen molar-refractivity contribution in [2.75, 3.05) is 6.61 Å². The number of nitro benzene ring substituents is 1. The highest BCUT2D eigenvalue weighted by molar-refractivity contribution is 9.10. The van der Waals surface area contributed by atoms with Crippen LogP contribution in [0.5, 0.6) is 5.75 Å². The zero-order chi connectivity index (χ0) is 22.8. The third kappa shape index (κ3) is 4.78. The molecule has 158 valence electrons. The molecule has 1 aromatic heterocycles. The van der Waals surface area contributed by atoms with Crippen LogP contribution in [-0.4, -0.2) is 27.4 Å². The maximum absolute atomic E-state index is 13.1. The number of halogens is 1. The van der Waals surface area contributed by atoms with Gasteiger partial charge in [0, 0.05) is 21.5 Å². The van der Waals surface area contributed by atoms with Gasteiger partial charge in [-0.3, -0.25) is 14.9 Å². The van der Waals surface area contributed by atoms with Crippen LogP contribution in [0.3, 0.4) is 0 Å². The fourth-order valence-electron chi connectivity index (χ4n) is 2.86. The van der Waals surface area contributed by atoms with Crippen LogP contribution in [-0.2, 0) is 5.41 Å². The topological polar surface area (TPSA) is 123 Å². The van der Waals surface area contributed by atoms with Gasteiger partial charge in [-0.05, 0) is 30.3 Å². The van der Waals surface area contributed by atoms with Crippen LogP contribution in [0.4, 0.5) is 5.69 Å². The summed E-state index contributed by atoms with van der Waals surface area (Å²) in [5.74, 6) is 0.431. The first-order valence-corrected chi connectivity index (χ1v) is 9.96. The number of benzene rings is 2. The Labute approximate surface area is 185 Å². The van der Waals surface area contributed by atoms with Gasteiger partial charge in [0.1, 0.15) is 11.9 Å². The summed E-state index contributed by atoms with van der Waals surface area (Å²) in [4.78, 5) is 28.5. The second-order valence-corrected chi connectivity index (χ2v) is 8.56. The first-order chi connectivity index (χ1) is 14.6. The van der Waals surface area contributed by atoms with E-state index in [1.165, 1.54) is 23.0 Å². The molecule has 0 spiro atoms. The number of fused-ring (bicyclic) bond motifs is 1. The number of rotatable bonds is 5. The average Bonchev–Trinajstić information content (AvgIpc) is 2.71. The van der Waals surface area contributed by atoms with Crippen LogP contribution in [0.1, 0.15) is 32.2 Å². The highest BCUT2D eigenvalue weighted by Crippen LogP contribution is 2.28. The van der Waals surface area contributed by atoms with Crippen molar-refractivity contribution in [3.63, 3.8) is 0 Å². The number of hydrogen-bond donors (Lipinski definition) is 0. The van der Waals surface area contributed by atoms with Crippen LogP contribution >= 0.6 is 15.9 Å². The Bertz CT molecular complexity index is 1300. The molecule has 0 aliphatic carbocycles. The van der Waals surface area contributed by atoms with Crippen molar-refractivity contribution >= 4 is 38.7 Å². The second-order valence-electron chi connectivity index (χ2n) is 7.64. The monoisotopic (exact) mass is 483 g/mol. The minimum absolute atomic E-state index is 0.0199. The fourth-order valence-corrected chi connectivity index (χ4v) is 3.22. The number of nitrogens with zero attached hydrogens (tertiary/aromatic N) is 5. The number of ether oxygens (including phenoxy) is 1. The normalized spacial score (nSPS) is 11.6. The lowest BCUT2D eigenvalue weighted by atomic mass is 9.95. The molecule has 0 unspecified atom stereocenters. The standard InChI is InChI=1S/C21H18BrN5O4/c1-21(2,3)20-25-16-6-5-14(22)11-15(16)19(28)26(20)24-12-13-4-7-18(31-9-8-23)17(10-13)27(29)30/h4-7,10-12H,9H2,1-3H3. The van der Waals surface area contributed by atoms with E-state index in [4.69, 9.17) is 10.00 Å². The molecule has 10 heteroatoms. The second kappa shape index (κ2) is 8.65. The third-order valence-electron chi connectivity index (χ3n) is 4.27. The first kappa shape index (κ1) is 22.1. The predicted octanol–water partition coefficient (Wildman–Crippen LogP) is 4.15. The SMILES string of the molecule is CC(C)(C)c1nc2ccc(Br)cc2c(=O)n1N=Cc1ccc(OCC#N)c([N+](=O)[O-])c1. The Hall–Kier alpha value is -3.58. The maximum atomic E-state index is 13.1. The largest absolute Gasteiger partial charge is 0.472 e. The predicted molar refractivity (Wildman–Crippen MR) is 120 cm³/mol. The van der Waals surface area contributed by atoms with Gasteiger partial charge in [0.15, 0.2) is 12.4 Å². The first-order valence-electron chi connectivity index (χ1n) is 9.17. The van der Waals surface area contributed by atoms with E-state index in [1.54, 1.807) is 24.3 Å². The van der Waals surface area contributed by atoms with Gasteiger partial charge < -0.3 is 4.74 Å². The number of aromatic nitrogens is 2. The lowest BCUT2D eigenvalue weighted by Gasteiger charge is -2.20. The van der Waals surface area contributed by atoms with E-state index in [0.717, 1.165) is 4.47 Å². The lowest BCUT2D eigenvalue weighted by molar-refractivity contribution is -0.385. The van der Waals surface area contributed by atoms with Gasteiger partial charge in [-0.2, -0.15) is 15.0 Å². The fraction of sp³-hybridized carbons (Fsp3) is 0.238. The summed E-state index contributed by atoms with van der Waals surface area (Å²) in [6.45, 7) is 5.43. The maximum Gasteiger partial charge on any atom is 0.311 e. The molecule has 0 N–H and O–H groups in total. The van der Waals surface area contributed by atoms with Crippen LogP contribution in [0.15, 0.2) is 50.8 Å². The molecule has 0 aliphatic rings. The minimum atomic E-state index is -0.605. The van der Waals surface area contributed by atoms with Gasteiger partial charge in [0.05, 0.1) is 22.0 Å². The quantitative estimate of drug-likeness (QED) is 0.305. The average molecular weight is 484 g/mol. The smallest absolute Gasteiger partial charge is 0.311 e. The molecule has 0 fully saturated rings. The van der Waals surface area contributed by atoms with E-state index in [9.17, 15) is 14.9 Å². The van der Waals surface area contributed by atoms with Crippen molar-refractivity contribution in [1.82, 2.24) is 9.66 Å². The van der Waals surface area contributed by atoms with Gasteiger partial charge in [-0.25, -0.2) is 4.98 Å². The van der Waals surface area contributed by atoms with E-state index < -0.39 is 10.3 Å². The van der Waals surface area contributed by atoms with E-state index in [-0.39, 0.29) is 23.6 Å². The van der Waals surface area contributed by atoms with Gasteiger partial charge in [-0.1, -0.05) is 36.7 Å². The van der Waals surface area contributed by atoms with Crippen molar-refractivity contribution < 1.29 is 9.66 Å². The van der Waals surface area contributed by atoms with Crippen molar-refractivity contribution in [3.05, 3.63) is 72.7 Å². The van der Waals surface area contributed by atoms with Gasteiger partial charge in [0.25, 0.3) is 5.56 Å². The van der Waals surface area contributed by atoms with Crippen LogP contribution in [0, 0.1) is 21.4 Å². The van der Waals surface area contributed by atoms with Crippen molar-refractivity contribution in [3.8, 4) is 11.8 Å². The van der Waals surface area contributed by atoms with Crippen molar-refractivity contribution in [1.29, 1.82) is 5.26 Å². The van der Waals surface area contributed by atoms with E-state index in [1.807, 2.05) is 26.8 Å². The Morgan fingerprint density at radius 2 is 2.06 bits per heavy atom. The van der Waals surface area contributed by atoms with Gasteiger partial charge >= 0.3 is 5.69 Å². The van der Waals surface area contributed by atoms with Gasteiger partial charge in [-0.15, -0.1) is 0 Å². The van der Waals surface area contributed by atoms with Crippen LogP contribution < -0.4 is 10.3 Å². The third-order valence-corrected chi connectivity index (χ3v) is 4.77. The van der Waals surface area contributed by atoms with Crippen molar-refractivity contribution in [2.24, 2.45) is 5.10 Å². The Kier molecular flexibility index (Phi) is 6.17. The van der Waals surface area contributed by atoms with Crippen LogP contribution in [0.2, 0.25) is 0 Å². The number of nitriles is 1.